The lowest BCUT2D eigenvalue weighted by Gasteiger charge is -2.13. The van der Waals surface area contributed by atoms with Gasteiger partial charge in [-0.25, -0.2) is 0 Å². The molecule has 1 heterocycles. The predicted molar refractivity (Wildman–Crippen MR) is 83.6 cm³/mol. The number of nitrogens with zero attached hydrogens (tertiary/aromatic N) is 1. The number of benzene rings is 2. The fourth-order valence-electron chi connectivity index (χ4n) is 2.12. The van der Waals surface area contributed by atoms with Crippen molar-refractivity contribution in [1.82, 2.24) is 4.98 Å². The number of aliphatic hydroxyl groups excluding tert-OH is 1. The first-order valence-electron chi connectivity index (χ1n) is 6.63. The quantitative estimate of drug-likeness (QED) is 0.792. The van der Waals surface area contributed by atoms with Crippen LogP contribution in [-0.2, 0) is 0 Å². The first-order valence-corrected chi connectivity index (χ1v) is 7.01. The molecule has 0 saturated heterocycles. The van der Waals surface area contributed by atoms with Crippen molar-refractivity contribution in [3.63, 3.8) is 0 Å². The average Bonchev–Trinajstić information content (AvgIpc) is 2.52. The van der Waals surface area contributed by atoms with Gasteiger partial charge in [0.05, 0.1) is 5.52 Å². The van der Waals surface area contributed by atoms with Crippen LogP contribution in [0, 0.1) is 0 Å². The maximum absolute atomic E-state index is 10.2. The highest BCUT2D eigenvalue weighted by atomic mass is 35.5. The smallest absolute Gasteiger partial charge is 0.120 e. The molecule has 0 aliphatic rings. The second-order valence-electron chi connectivity index (χ2n) is 4.74. The van der Waals surface area contributed by atoms with Gasteiger partial charge in [0.1, 0.15) is 18.5 Å². The van der Waals surface area contributed by atoms with Gasteiger partial charge in [-0.3, -0.25) is 4.98 Å². The fourth-order valence-corrected chi connectivity index (χ4v) is 2.30. The van der Waals surface area contributed by atoms with Crippen LogP contribution in [0.4, 0.5) is 0 Å². The Morgan fingerprint density at radius 2 is 2.00 bits per heavy atom. The summed E-state index contributed by atoms with van der Waals surface area (Å²) < 4.78 is 5.56. The maximum Gasteiger partial charge on any atom is 0.120 e. The van der Waals surface area contributed by atoms with Gasteiger partial charge in [0.25, 0.3) is 0 Å². The van der Waals surface area contributed by atoms with Crippen molar-refractivity contribution in [2.75, 3.05) is 6.61 Å². The Bertz CT molecular complexity index is 760. The Labute approximate surface area is 127 Å². The zero-order chi connectivity index (χ0) is 14.7. The first-order chi connectivity index (χ1) is 10.2. The highest BCUT2D eigenvalue weighted by molar-refractivity contribution is 6.30. The molecule has 106 valence electrons. The van der Waals surface area contributed by atoms with E-state index in [0.717, 1.165) is 16.5 Å². The van der Waals surface area contributed by atoms with E-state index in [9.17, 15) is 5.11 Å². The van der Waals surface area contributed by atoms with Crippen LogP contribution in [0.1, 0.15) is 11.7 Å². The van der Waals surface area contributed by atoms with Gasteiger partial charge in [0.15, 0.2) is 0 Å². The Hall–Kier alpha value is -2.10. The van der Waals surface area contributed by atoms with Crippen molar-refractivity contribution in [3.8, 4) is 5.75 Å². The summed E-state index contributed by atoms with van der Waals surface area (Å²) in [4.78, 5) is 4.28. The molecule has 1 atom stereocenters. The molecule has 1 N–H and O–H groups in total. The average molecular weight is 300 g/mol. The van der Waals surface area contributed by atoms with Gasteiger partial charge in [-0.2, -0.15) is 0 Å². The number of rotatable bonds is 4. The molecule has 0 amide bonds. The van der Waals surface area contributed by atoms with E-state index in [2.05, 4.69) is 4.98 Å². The number of aliphatic hydroxyl groups is 1. The van der Waals surface area contributed by atoms with Crippen molar-refractivity contribution >= 4 is 22.5 Å². The Balaban J connectivity index is 1.73. The predicted octanol–water partition coefficient (Wildman–Crippen LogP) is 4.00. The molecule has 0 spiro atoms. The van der Waals surface area contributed by atoms with E-state index in [1.54, 1.807) is 24.4 Å². The summed E-state index contributed by atoms with van der Waals surface area (Å²) >= 11 is 5.89. The minimum absolute atomic E-state index is 0.165. The van der Waals surface area contributed by atoms with Gasteiger partial charge < -0.3 is 9.84 Å². The topological polar surface area (TPSA) is 42.4 Å². The summed E-state index contributed by atoms with van der Waals surface area (Å²) in [5, 5.41) is 11.9. The van der Waals surface area contributed by atoms with Crippen LogP contribution in [0.5, 0.6) is 5.75 Å². The molecule has 1 aromatic heterocycles. The van der Waals surface area contributed by atoms with Gasteiger partial charge in [-0.1, -0.05) is 35.9 Å². The molecule has 1 unspecified atom stereocenters. The zero-order valence-corrected chi connectivity index (χ0v) is 12.0. The van der Waals surface area contributed by atoms with Gasteiger partial charge in [-0.15, -0.1) is 0 Å². The molecule has 0 saturated carbocycles. The lowest BCUT2D eigenvalue weighted by molar-refractivity contribution is 0.108. The third kappa shape index (κ3) is 3.32. The molecule has 3 nitrogen and oxygen atoms in total. The van der Waals surface area contributed by atoms with Crippen molar-refractivity contribution in [1.29, 1.82) is 0 Å². The minimum Gasteiger partial charge on any atom is -0.490 e. The number of halogens is 1. The van der Waals surface area contributed by atoms with Crippen LogP contribution >= 0.6 is 11.6 Å². The summed E-state index contributed by atoms with van der Waals surface area (Å²) in [5.41, 5.74) is 1.64. The second kappa shape index (κ2) is 6.12. The number of hydrogen-bond donors (Lipinski definition) is 1. The van der Waals surface area contributed by atoms with E-state index in [1.165, 1.54) is 0 Å². The van der Waals surface area contributed by atoms with Gasteiger partial charge >= 0.3 is 0 Å². The SMILES string of the molecule is OC(COc1cccc(Cl)c1)c1ccc2cccnc2c1. The summed E-state index contributed by atoms with van der Waals surface area (Å²) in [7, 11) is 0. The molecule has 0 aliphatic heterocycles. The third-order valence-electron chi connectivity index (χ3n) is 3.22. The molecule has 3 rings (SSSR count). The van der Waals surface area contributed by atoms with E-state index in [1.807, 2.05) is 36.4 Å². The van der Waals surface area contributed by atoms with E-state index >= 15 is 0 Å². The number of aromatic nitrogens is 1. The highest BCUT2D eigenvalue weighted by Gasteiger charge is 2.09. The first kappa shape index (κ1) is 13.9. The molecular weight excluding hydrogens is 286 g/mol. The van der Waals surface area contributed by atoms with E-state index in [-0.39, 0.29) is 6.61 Å². The molecular formula is C17H14ClNO2. The molecule has 21 heavy (non-hydrogen) atoms. The van der Waals surface area contributed by atoms with Crippen LogP contribution in [0.2, 0.25) is 5.02 Å². The summed E-state index contributed by atoms with van der Waals surface area (Å²) in [5.74, 6) is 0.639. The van der Waals surface area contributed by atoms with Crippen molar-refractivity contribution in [2.24, 2.45) is 0 Å². The lowest BCUT2D eigenvalue weighted by atomic mass is 10.1. The van der Waals surface area contributed by atoms with E-state index < -0.39 is 6.10 Å². The molecule has 0 fully saturated rings. The van der Waals surface area contributed by atoms with Crippen LogP contribution in [-0.4, -0.2) is 16.7 Å². The monoisotopic (exact) mass is 299 g/mol. The molecule has 2 aromatic carbocycles. The standard InChI is InChI=1S/C17H14ClNO2/c18-14-4-1-5-15(10-14)21-11-17(20)13-7-6-12-3-2-8-19-16(12)9-13/h1-10,17,20H,11H2. The summed E-state index contributed by atoms with van der Waals surface area (Å²) in [6.45, 7) is 0.165. The largest absolute Gasteiger partial charge is 0.490 e. The van der Waals surface area contributed by atoms with Crippen LogP contribution in [0.15, 0.2) is 60.8 Å². The Kier molecular flexibility index (Phi) is 4.04. The Morgan fingerprint density at radius 1 is 1.10 bits per heavy atom. The second-order valence-corrected chi connectivity index (χ2v) is 5.18. The van der Waals surface area contributed by atoms with Crippen LogP contribution in [0.25, 0.3) is 10.9 Å². The third-order valence-corrected chi connectivity index (χ3v) is 3.45. The Morgan fingerprint density at radius 3 is 2.86 bits per heavy atom. The fraction of sp³-hybridized carbons (Fsp3) is 0.118. The molecule has 3 aromatic rings. The maximum atomic E-state index is 10.2. The highest BCUT2D eigenvalue weighted by Crippen LogP contribution is 2.22. The molecule has 0 aliphatic carbocycles. The zero-order valence-electron chi connectivity index (χ0n) is 11.2. The molecule has 0 radical (unpaired) electrons. The van der Waals surface area contributed by atoms with E-state index in [0.29, 0.717) is 10.8 Å². The van der Waals surface area contributed by atoms with Crippen LogP contribution < -0.4 is 4.74 Å². The van der Waals surface area contributed by atoms with E-state index in [4.69, 9.17) is 16.3 Å². The van der Waals surface area contributed by atoms with Crippen molar-refractivity contribution < 1.29 is 9.84 Å². The van der Waals surface area contributed by atoms with Crippen molar-refractivity contribution in [2.45, 2.75) is 6.10 Å². The van der Waals surface area contributed by atoms with Gasteiger partial charge in [0, 0.05) is 16.6 Å². The number of pyridine rings is 1. The van der Waals surface area contributed by atoms with Crippen LogP contribution in [0.3, 0.4) is 0 Å². The molecule has 4 heteroatoms. The van der Waals surface area contributed by atoms with Gasteiger partial charge in [-0.05, 0) is 35.9 Å². The summed E-state index contributed by atoms with van der Waals surface area (Å²) in [6.07, 6.45) is 1.02. The lowest BCUT2D eigenvalue weighted by Crippen LogP contribution is -2.09. The number of fused-ring (bicyclic) bond motifs is 1. The number of ether oxygens (including phenoxy) is 1. The summed E-state index contributed by atoms with van der Waals surface area (Å²) in [6, 6.07) is 16.7. The van der Waals surface area contributed by atoms with Crippen molar-refractivity contribution in [3.05, 3.63) is 71.4 Å². The van der Waals surface area contributed by atoms with Gasteiger partial charge in [0.2, 0.25) is 0 Å². The number of hydrogen-bond acceptors (Lipinski definition) is 3. The minimum atomic E-state index is -0.713. The molecule has 0 bridgehead atoms. The normalized spacial score (nSPS) is 12.3.